The summed E-state index contributed by atoms with van der Waals surface area (Å²) in [6.07, 6.45) is 0. The Balaban J connectivity index is 1.13. The lowest BCUT2D eigenvalue weighted by Crippen LogP contribution is -2.09. The standard InChI is InChI=1S/C48H31NOS/c1-4-11-32(12-5-1)34-19-22-37(23-20-34)49(38-25-28-46-43(30-38)41-26-21-36(29-47(41)51-46)33-13-6-2-7-14-33)39-24-27-42-45(31-39)50-44-18-10-17-40(48(42)44)35-15-8-3-9-16-35/h1-31H. The van der Waals surface area contributed by atoms with Crippen molar-refractivity contribution in [1.82, 2.24) is 0 Å². The first-order valence-electron chi connectivity index (χ1n) is 17.2. The maximum absolute atomic E-state index is 6.59. The predicted octanol–water partition coefficient (Wildman–Crippen LogP) is 14.4. The van der Waals surface area contributed by atoms with Gasteiger partial charge in [0, 0.05) is 54.1 Å². The minimum Gasteiger partial charge on any atom is -0.456 e. The smallest absolute Gasteiger partial charge is 0.137 e. The summed E-state index contributed by atoms with van der Waals surface area (Å²) in [5, 5.41) is 4.79. The van der Waals surface area contributed by atoms with Gasteiger partial charge in [0.05, 0.1) is 0 Å². The van der Waals surface area contributed by atoms with Crippen LogP contribution in [0.4, 0.5) is 17.1 Å². The van der Waals surface area contributed by atoms with Gasteiger partial charge in [0.15, 0.2) is 0 Å². The molecule has 240 valence electrons. The molecular weight excluding hydrogens is 639 g/mol. The zero-order chi connectivity index (χ0) is 33.7. The third-order valence-corrected chi connectivity index (χ3v) is 11.0. The number of hydrogen-bond acceptors (Lipinski definition) is 3. The zero-order valence-electron chi connectivity index (χ0n) is 27.7. The molecule has 0 N–H and O–H groups in total. The predicted molar refractivity (Wildman–Crippen MR) is 218 cm³/mol. The fraction of sp³-hybridized carbons (Fsp3) is 0. The number of fused-ring (bicyclic) bond motifs is 6. The van der Waals surface area contributed by atoms with E-state index in [1.165, 1.54) is 53.6 Å². The summed E-state index contributed by atoms with van der Waals surface area (Å²) in [5.74, 6) is 0. The van der Waals surface area contributed by atoms with Gasteiger partial charge in [0.2, 0.25) is 0 Å². The van der Waals surface area contributed by atoms with E-state index in [-0.39, 0.29) is 0 Å². The largest absolute Gasteiger partial charge is 0.456 e. The van der Waals surface area contributed by atoms with E-state index in [0.29, 0.717) is 0 Å². The molecule has 0 saturated heterocycles. The Morgan fingerprint density at radius 1 is 0.353 bits per heavy atom. The van der Waals surface area contributed by atoms with Crippen LogP contribution in [-0.4, -0.2) is 0 Å². The van der Waals surface area contributed by atoms with Gasteiger partial charge in [-0.2, -0.15) is 0 Å². The van der Waals surface area contributed by atoms with Gasteiger partial charge in [-0.3, -0.25) is 0 Å². The number of anilines is 3. The van der Waals surface area contributed by atoms with Gasteiger partial charge >= 0.3 is 0 Å². The Kier molecular flexibility index (Phi) is 7.04. The monoisotopic (exact) mass is 669 g/mol. The zero-order valence-corrected chi connectivity index (χ0v) is 28.5. The number of thiophene rings is 1. The van der Waals surface area contributed by atoms with Crippen LogP contribution >= 0.6 is 11.3 Å². The highest BCUT2D eigenvalue weighted by Gasteiger charge is 2.19. The first kappa shape index (κ1) is 29.5. The van der Waals surface area contributed by atoms with Gasteiger partial charge in [0.1, 0.15) is 11.2 Å². The van der Waals surface area contributed by atoms with Gasteiger partial charge in [-0.25, -0.2) is 0 Å². The summed E-state index contributed by atoms with van der Waals surface area (Å²) in [4.78, 5) is 2.35. The molecule has 0 bridgehead atoms. The van der Waals surface area contributed by atoms with E-state index in [1.54, 1.807) is 0 Å². The van der Waals surface area contributed by atoms with E-state index in [9.17, 15) is 0 Å². The van der Waals surface area contributed by atoms with Crippen molar-refractivity contribution in [2.75, 3.05) is 4.90 Å². The number of furan rings is 1. The molecule has 0 fully saturated rings. The molecule has 0 saturated carbocycles. The topological polar surface area (TPSA) is 16.4 Å². The lowest BCUT2D eigenvalue weighted by molar-refractivity contribution is 0.669. The molecule has 10 rings (SSSR count). The minimum absolute atomic E-state index is 0.868. The van der Waals surface area contributed by atoms with E-state index in [0.717, 1.165) is 39.0 Å². The van der Waals surface area contributed by atoms with Crippen molar-refractivity contribution in [1.29, 1.82) is 0 Å². The molecule has 0 aliphatic heterocycles. The van der Waals surface area contributed by atoms with Crippen molar-refractivity contribution in [3.63, 3.8) is 0 Å². The van der Waals surface area contributed by atoms with E-state index >= 15 is 0 Å². The van der Waals surface area contributed by atoms with Gasteiger partial charge in [-0.1, -0.05) is 127 Å². The SMILES string of the molecule is c1ccc(-c2ccc(N(c3ccc4c(c3)oc3cccc(-c5ccccc5)c34)c3ccc4sc5cc(-c6ccccc6)ccc5c4c3)cc2)cc1. The lowest BCUT2D eigenvalue weighted by atomic mass is 9.99. The van der Waals surface area contributed by atoms with Crippen LogP contribution in [0.3, 0.4) is 0 Å². The second-order valence-electron chi connectivity index (χ2n) is 12.9. The molecule has 10 aromatic rings. The quantitative estimate of drug-likeness (QED) is 0.175. The summed E-state index contributed by atoms with van der Waals surface area (Å²) < 4.78 is 9.16. The van der Waals surface area contributed by atoms with Crippen molar-refractivity contribution in [2.45, 2.75) is 0 Å². The molecule has 0 spiro atoms. The maximum Gasteiger partial charge on any atom is 0.137 e. The summed E-state index contributed by atoms with van der Waals surface area (Å²) in [5.41, 5.74) is 12.2. The highest BCUT2D eigenvalue weighted by atomic mass is 32.1. The lowest BCUT2D eigenvalue weighted by Gasteiger charge is -2.26. The third-order valence-electron chi connectivity index (χ3n) is 9.88. The molecule has 0 amide bonds. The average molecular weight is 670 g/mol. The van der Waals surface area contributed by atoms with Gasteiger partial charge in [-0.05, 0) is 88.0 Å². The molecule has 2 aromatic heterocycles. The van der Waals surface area contributed by atoms with Crippen molar-refractivity contribution >= 4 is 70.5 Å². The van der Waals surface area contributed by atoms with E-state index in [2.05, 4.69) is 193 Å². The number of nitrogens with zero attached hydrogens (tertiary/aromatic N) is 1. The Hall–Kier alpha value is -6.42. The molecule has 0 unspecified atom stereocenters. The van der Waals surface area contributed by atoms with Gasteiger partial charge < -0.3 is 9.32 Å². The molecule has 0 radical (unpaired) electrons. The summed E-state index contributed by atoms with van der Waals surface area (Å²) in [6, 6.07) is 67.3. The van der Waals surface area contributed by atoms with Crippen LogP contribution < -0.4 is 4.90 Å². The van der Waals surface area contributed by atoms with Crippen molar-refractivity contribution in [3.8, 4) is 33.4 Å². The van der Waals surface area contributed by atoms with Crippen LogP contribution in [0.5, 0.6) is 0 Å². The van der Waals surface area contributed by atoms with Crippen LogP contribution in [-0.2, 0) is 0 Å². The normalized spacial score (nSPS) is 11.5. The second-order valence-corrected chi connectivity index (χ2v) is 14.0. The molecule has 2 heterocycles. The first-order valence-corrected chi connectivity index (χ1v) is 18.1. The minimum atomic E-state index is 0.868. The molecule has 0 aliphatic rings. The van der Waals surface area contributed by atoms with E-state index in [1.807, 2.05) is 11.3 Å². The fourth-order valence-corrected chi connectivity index (χ4v) is 8.53. The summed E-state index contributed by atoms with van der Waals surface area (Å²) >= 11 is 1.85. The maximum atomic E-state index is 6.59. The number of rotatable bonds is 6. The highest BCUT2D eigenvalue weighted by Crippen LogP contribution is 2.44. The molecule has 51 heavy (non-hydrogen) atoms. The summed E-state index contributed by atoms with van der Waals surface area (Å²) in [7, 11) is 0. The third kappa shape index (κ3) is 5.18. The Labute approximate surface area is 300 Å². The highest BCUT2D eigenvalue weighted by molar-refractivity contribution is 7.25. The van der Waals surface area contributed by atoms with Crippen LogP contribution in [0.25, 0.3) is 75.5 Å². The van der Waals surface area contributed by atoms with Crippen LogP contribution in [0.15, 0.2) is 192 Å². The Bertz CT molecular complexity index is 2840. The molecule has 3 heteroatoms. The first-order chi connectivity index (χ1) is 25.3. The van der Waals surface area contributed by atoms with Crippen LogP contribution in [0.1, 0.15) is 0 Å². The number of benzene rings is 8. The van der Waals surface area contributed by atoms with Gasteiger partial charge in [0.25, 0.3) is 0 Å². The van der Waals surface area contributed by atoms with E-state index < -0.39 is 0 Å². The Morgan fingerprint density at radius 2 is 0.941 bits per heavy atom. The number of hydrogen-bond donors (Lipinski definition) is 0. The van der Waals surface area contributed by atoms with E-state index in [4.69, 9.17) is 4.42 Å². The summed E-state index contributed by atoms with van der Waals surface area (Å²) in [6.45, 7) is 0. The molecule has 0 aliphatic carbocycles. The van der Waals surface area contributed by atoms with Crippen molar-refractivity contribution in [3.05, 3.63) is 188 Å². The van der Waals surface area contributed by atoms with Crippen molar-refractivity contribution < 1.29 is 4.42 Å². The molecule has 8 aromatic carbocycles. The molecule has 2 nitrogen and oxygen atoms in total. The van der Waals surface area contributed by atoms with Crippen LogP contribution in [0, 0.1) is 0 Å². The fourth-order valence-electron chi connectivity index (χ4n) is 7.41. The van der Waals surface area contributed by atoms with Crippen LogP contribution in [0.2, 0.25) is 0 Å². The average Bonchev–Trinajstić information content (AvgIpc) is 3.76. The molecular formula is C48H31NOS. The second kappa shape index (κ2) is 12.2. The van der Waals surface area contributed by atoms with Gasteiger partial charge in [-0.15, -0.1) is 11.3 Å². The Morgan fingerprint density at radius 3 is 1.69 bits per heavy atom. The van der Waals surface area contributed by atoms with Crippen molar-refractivity contribution in [2.24, 2.45) is 0 Å². The molecule has 0 atom stereocenters.